The van der Waals surface area contributed by atoms with Crippen LogP contribution in [0.5, 0.6) is 0 Å². The van der Waals surface area contributed by atoms with Crippen molar-refractivity contribution in [2.45, 2.75) is 7.43 Å². The molecule has 0 radical (unpaired) electrons. The number of benzene rings is 9. The van der Waals surface area contributed by atoms with Crippen LogP contribution in [0.25, 0.3) is 111 Å². The summed E-state index contributed by atoms with van der Waals surface area (Å²) in [6, 6.07) is 77.9. The lowest BCUT2D eigenvalue weighted by atomic mass is 9.98. The summed E-state index contributed by atoms with van der Waals surface area (Å²) < 4.78 is 4.71. The fourth-order valence-electron chi connectivity index (χ4n) is 9.05. The van der Waals surface area contributed by atoms with Crippen molar-refractivity contribution >= 4 is 54.6 Å². The fraction of sp³-hybridized carbons (Fsp3) is 0.0175. The van der Waals surface area contributed by atoms with Gasteiger partial charge in [-0.1, -0.05) is 165 Å². The fourth-order valence-corrected chi connectivity index (χ4v) is 9.05. The SMILES string of the molecule is C.c1ccc2nc(-c3ccc(-c4ccc(-n5c6ccccc6c6ccccc65)cc4)cc3)c(-c3ccc(-c4ccc(-n5c6ccccc6c6ccccc65)cc4)cc3)nc2c1. The van der Waals surface area contributed by atoms with Gasteiger partial charge in [0.15, 0.2) is 0 Å². The highest BCUT2D eigenvalue weighted by Crippen LogP contribution is 2.37. The summed E-state index contributed by atoms with van der Waals surface area (Å²) in [4.78, 5) is 10.4. The molecular formula is C57H40N4. The van der Waals surface area contributed by atoms with E-state index in [9.17, 15) is 0 Å². The number of fused-ring (bicyclic) bond motifs is 7. The molecule has 0 saturated carbocycles. The van der Waals surface area contributed by atoms with E-state index in [2.05, 4.69) is 203 Å². The summed E-state index contributed by atoms with van der Waals surface area (Å²) in [6.45, 7) is 0. The van der Waals surface area contributed by atoms with Crippen LogP contribution in [0.2, 0.25) is 0 Å². The molecule has 3 heterocycles. The minimum atomic E-state index is 0. The molecule has 0 N–H and O–H groups in total. The zero-order valence-corrected chi connectivity index (χ0v) is 32.6. The minimum absolute atomic E-state index is 0. The van der Waals surface area contributed by atoms with Crippen LogP contribution in [-0.4, -0.2) is 19.1 Å². The first-order valence-corrected chi connectivity index (χ1v) is 20.4. The third kappa shape index (κ3) is 5.99. The van der Waals surface area contributed by atoms with Crippen molar-refractivity contribution < 1.29 is 0 Å². The number of hydrogen-bond acceptors (Lipinski definition) is 2. The highest BCUT2D eigenvalue weighted by Gasteiger charge is 2.16. The molecule has 12 aromatic rings. The van der Waals surface area contributed by atoms with E-state index in [0.717, 1.165) is 67.2 Å². The zero-order chi connectivity index (χ0) is 39.6. The Bertz CT molecular complexity index is 3210. The van der Waals surface area contributed by atoms with Gasteiger partial charge in [-0.15, -0.1) is 0 Å². The summed E-state index contributed by atoms with van der Waals surface area (Å²) in [6.07, 6.45) is 0. The lowest BCUT2D eigenvalue weighted by Crippen LogP contribution is -1.96. The smallest absolute Gasteiger partial charge is 0.0973 e. The van der Waals surface area contributed by atoms with Crippen LogP contribution in [0.3, 0.4) is 0 Å². The molecule has 288 valence electrons. The normalized spacial score (nSPS) is 11.5. The second-order valence-corrected chi connectivity index (χ2v) is 15.4. The molecule has 4 nitrogen and oxygen atoms in total. The Hall–Kier alpha value is -8.08. The van der Waals surface area contributed by atoms with E-state index in [4.69, 9.17) is 9.97 Å². The summed E-state index contributed by atoms with van der Waals surface area (Å²) in [5, 5.41) is 5.06. The highest BCUT2D eigenvalue weighted by molar-refractivity contribution is 6.10. The van der Waals surface area contributed by atoms with Gasteiger partial charge < -0.3 is 9.13 Å². The number of para-hydroxylation sites is 6. The third-order valence-corrected chi connectivity index (χ3v) is 12.0. The summed E-state index contributed by atoms with van der Waals surface area (Å²) in [5.41, 5.74) is 17.3. The zero-order valence-electron chi connectivity index (χ0n) is 32.6. The molecule has 9 aromatic carbocycles. The lowest BCUT2D eigenvalue weighted by molar-refractivity contribution is 1.18. The third-order valence-electron chi connectivity index (χ3n) is 12.0. The van der Waals surface area contributed by atoms with Crippen LogP contribution in [0.1, 0.15) is 7.43 Å². The second-order valence-electron chi connectivity index (χ2n) is 15.4. The van der Waals surface area contributed by atoms with Crippen LogP contribution in [0.4, 0.5) is 0 Å². The first-order valence-electron chi connectivity index (χ1n) is 20.4. The predicted octanol–water partition coefficient (Wildman–Crippen LogP) is 15.1. The van der Waals surface area contributed by atoms with Crippen molar-refractivity contribution in [3.63, 3.8) is 0 Å². The highest BCUT2D eigenvalue weighted by atomic mass is 15.0. The molecule has 0 spiro atoms. The first kappa shape index (κ1) is 36.0. The van der Waals surface area contributed by atoms with E-state index in [0.29, 0.717) is 0 Å². The van der Waals surface area contributed by atoms with Gasteiger partial charge in [-0.25, -0.2) is 9.97 Å². The average molecular weight is 781 g/mol. The van der Waals surface area contributed by atoms with Crippen LogP contribution in [0, 0.1) is 0 Å². The van der Waals surface area contributed by atoms with Gasteiger partial charge in [0.05, 0.1) is 44.5 Å². The van der Waals surface area contributed by atoms with Gasteiger partial charge in [0.1, 0.15) is 0 Å². The number of hydrogen-bond donors (Lipinski definition) is 0. The minimum Gasteiger partial charge on any atom is -0.309 e. The van der Waals surface area contributed by atoms with Crippen LogP contribution in [0.15, 0.2) is 218 Å². The Labute approximate surface area is 354 Å². The Kier molecular flexibility index (Phi) is 8.64. The Morgan fingerprint density at radius 3 is 0.803 bits per heavy atom. The van der Waals surface area contributed by atoms with E-state index in [1.54, 1.807) is 0 Å². The average Bonchev–Trinajstić information content (AvgIpc) is 3.85. The van der Waals surface area contributed by atoms with Gasteiger partial charge in [-0.3, -0.25) is 0 Å². The van der Waals surface area contributed by atoms with Crippen LogP contribution >= 0.6 is 0 Å². The lowest BCUT2D eigenvalue weighted by Gasteiger charge is -2.13. The molecule has 4 heteroatoms. The van der Waals surface area contributed by atoms with E-state index < -0.39 is 0 Å². The second kappa shape index (κ2) is 14.6. The molecule has 0 amide bonds. The van der Waals surface area contributed by atoms with Crippen LogP contribution in [-0.2, 0) is 0 Å². The van der Waals surface area contributed by atoms with Gasteiger partial charge in [0, 0.05) is 44.0 Å². The van der Waals surface area contributed by atoms with Gasteiger partial charge in [-0.05, 0) is 82.9 Å². The predicted molar refractivity (Wildman–Crippen MR) is 257 cm³/mol. The van der Waals surface area contributed by atoms with Gasteiger partial charge >= 0.3 is 0 Å². The van der Waals surface area contributed by atoms with Gasteiger partial charge in [0.25, 0.3) is 0 Å². The van der Waals surface area contributed by atoms with Crippen molar-refractivity contribution in [3.05, 3.63) is 218 Å². The van der Waals surface area contributed by atoms with Crippen molar-refractivity contribution in [2.24, 2.45) is 0 Å². The molecule has 0 fully saturated rings. The molecule has 0 atom stereocenters. The monoisotopic (exact) mass is 780 g/mol. The molecule has 61 heavy (non-hydrogen) atoms. The summed E-state index contributed by atoms with van der Waals surface area (Å²) in [5.74, 6) is 0. The molecule has 0 aliphatic heterocycles. The molecule has 0 aliphatic rings. The Balaban J connectivity index is 0.00000420. The van der Waals surface area contributed by atoms with Gasteiger partial charge in [0.2, 0.25) is 0 Å². The maximum atomic E-state index is 5.20. The standard InChI is InChI=1S/C56H36N4.CH4/c1-7-17-51-45(11-1)46-12-2-8-18-52(46)59(51)43-33-29-39(30-34-43)37-21-25-41(26-22-37)55-56(58-50-16-6-5-15-49(50)57-55)42-27-23-38(24-28-42)40-31-35-44(36-32-40)60-53-19-9-3-13-47(53)48-14-4-10-20-54(48)60;/h1-36H;1H4. The maximum Gasteiger partial charge on any atom is 0.0973 e. The van der Waals surface area contributed by atoms with E-state index in [1.807, 2.05) is 24.3 Å². The number of aromatic nitrogens is 4. The molecular weight excluding hydrogens is 741 g/mol. The van der Waals surface area contributed by atoms with Crippen molar-refractivity contribution in [3.8, 4) is 56.1 Å². The topological polar surface area (TPSA) is 35.6 Å². The van der Waals surface area contributed by atoms with Crippen molar-refractivity contribution in [2.75, 3.05) is 0 Å². The van der Waals surface area contributed by atoms with Crippen molar-refractivity contribution in [1.82, 2.24) is 19.1 Å². The maximum absolute atomic E-state index is 5.20. The number of rotatable bonds is 6. The van der Waals surface area contributed by atoms with Crippen molar-refractivity contribution in [1.29, 1.82) is 0 Å². The molecule has 3 aromatic heterocycles. The van der Waals surface area contributed by atoms with Crippen LogP contribution < -0.4 is 0 Å². The van der Waals surface area contributed by atoms with E-state index >= 15 is 0 Å². The molecule has 0 bridgehead atoms. The van der Waals surface area contributed by atoms with E-state index in [-0.39, 0.29) is 7.43 Å². The number of nitrogens with zero attached hydrogens (tertiary/aromatic N) is 4. The molecule has 0 aliphatic carbocycles. The quantitative estimate of drug-likeness (QED) is 0.168. The molecule has 0 unspecified atom stereocenters. The molecule has 0 saturated heterocycles. The van der Waals surface area contributed by atoms with Gasteiger partial charge in [-0.2, -0.15) is 0 Å². The summed E-state index contributed by atoms with van der Waals surface area (Å²) in [7, 11) is 0. The largest absolute Gasteiger partial charge is 0.309 e. The molecule has 12 rings (SSSR count). The summed E-state index contributed by atoms with van der Waals surface area (Å²) >= 11 is 0. The Morgan fingerprint density at radius 1 is 0.246 bits per heavy atom. The Morgan fingerprint density at radius 2 is 0.492 bits per heavy atom. The first-order chi connectivity index (χ1) is 29.7. The van der Waals surface area contributed by atoms with E-state index in [1.165, 1.54) is 43.6 Å².